The molecule has 0 amide bonds. The quantitative estimate of drug-likeness (QED) is 0.889. The van der Waals surface area contributed by atoms with E-state index in [0.29, 0.717) is 24.3 Å². The number of likely N-dealkylation sites (tertiary alicyclic amines) is 1. The summed E-state index contributed by atoms with van der Waals surface area (Å²) in [6.07, 6.45) is -0.986. The largest absolute Gasteiger partial charge is 0.480 e. The molecule has 1 aliphatic rings. The number of furan rings is 1. The van der Waals surface area contributed by atoms with Gasteiger partial charge < -0.3 is 9.52 Å². The fourth-order valence-electron chi connectivity index (χ4n) is 3.38. The summed E-state index contributed by atoms with van der Waals surface area (Å²) in [5, 5.41) is 9.53. The highest BCUT2D eigenvalue weighted by Crippen LogP contribution is 2.37. The van der Waals surface area contributed by atoms with Gasteiger partial charge >= 0.3 is 12.1 Å². The number of benzene rings is 1. The SMILES string of the molecule is O=C(O)C1CCCCN1C(c1cccc(C(F)(F)F)c1)c1ccco1. The van der Waals surface area contributed by atoms with Crippen molar-refractivity contribution in [3.63, 3.8) is 0 Å². The van der Waals surface area contributed by atoms with Gasteiger partial charge in [0.1, 0.15) is 11.8 Å². The van der Waals surface area contributed by atoms with Gasteiger partial charge in [0.15, 0.2) is 0 Å². The molecule has 4 nitrogen and oxygen atoms in total. The lowest BCUT2D eigenvalue weighted by molar-refractivity contribution is -0.145. The number of carboxylic acid groups (broad SMARTS) is 1. The van der Waals surface area contributed by atoms with Crippen LogP contribution in [0.25, 0.3) is 0 Å². The van der Waals surface area contributed by atoms with Crippen molar-refractivity contribution in [2.75, 3.05) is 6.54 Å². The lowest BCUT2D eigenvalue weighted by Gasteiger charge is -2.38. The highest BCUT2D eigenvalue weighted by Gasteiger charge is 2.37. The topological polar surface area (TPSA) is 53.7 Å². The second kappa shape index (κ2) is 6.92. The Labute approximate surface area is 142 Å². The van der Waals surface area contributed by atoms with Gasteiger partial charge in [-0.25, -0.2) is 0 Å². The lowest BCUT2D eigenvalue weighted by atomic mass is 9.94. The zero-order valence-corrected chi connectivity index (χ0v) is 13.4. The summed E-state index contributed by atoms with van der Waals surface area (Å²) in [7, 11) is 0. The van der Waals surface area contributed by atoms with Crippen LogP contribution in [0.3, 0.4) is 0 Å². The summed E-state index contributed by atoms with van der Waals surface area (Å²) < 4.78 is 44.7. The van der Waals surface area contributed by atoms with Gasteiger partial charge in [-0.2, -0.15) is 13.2 Å². The molecule has 1 aromatic heterocycles. The van der Waals surface area contributed by atoms with E-state index in [1.165, 1.54) is 12.3 Å². The van der Waals surface area contributed by atoms with Crippen LogP contribution >= 0.6 is 0 Å². The standard InChI is InChI=1S/C18H18F3NO3/c19-18(20,21)13-6-3-5-12(11-13)16(15-8-4-10-25-15)22-9-2-1-7-14(22)17(23)24/h3-6,8,10-11,14,16H,1-2,7,9H2,(H,23,24). The third-order valence-corrected chi connectivity index (χ3v) is 4.50. The zero-order chi connectivity index (χ0) is 18.0. The Morgan fingerprint density at radius 1 is 1.24 bits per heavy atom. The molecule has 0 spiro atoms. The van der Waals surface area contributed by atoms with Gasteiger partial charge in [0.05, 0.1) is 17.9 Å². The molecule has 2 aromatic rings. The number of aliphatic carboxylic acids is 1. The summed E-state index contributed by atoms with van der Waals surface area (Å²) in [6, 6.07) is 6.89. The number of rotatable bonds is 4. The lowest BCUT2D eigenvalue weighted by Crippen LogP contribution is -2.46. The van der Waals surface area contributed by atoms with E-state index in [4.69, 9.17) is 4.42 Å². The van der Waals surface area contributed by atoms with Crippen molar-refractivity contribution in [2.24, 2.45) is 0 Å². The Balaban J connectivity index is 2.06. The molecule has 1 aliphatic heterocycles. The van der Waals surface area contributed by atoms with Crippen molar-refractivity contribution in [3.05, 3.63) is 59.5 Å². The van der Waals surface area contributed by atoms with E-state index in [2.05, 4.69) is 0 Å². The molecule has 1 aromatic carbocycles. The second-order valence-electron chi connectivity index (χ2n) is 6.13. The van der Waals surface area contributed by atoms with Gasteiger partial charge in [0.2, 0.25) is 0 Å². The molecule has 0 saturated carbocycles. The first-order valence-electron chi connectivity index (χ1n) is 8.07. The maximum absolute atomic E-state index is 13.1. The van der Waals surface area contributed by atoms with Crippen LogP contribution in [-0.2, 0) is 11.0 Å². The van der Waals surface area contributed by atoms with Crippen molar-refractivity contribution in [1.29, 1.82) is 0 Å². The van der Waals surface area contributed by atoms with E-state index in [1.807, 2.05) is 0 Å². The summed E-state index contributed by atoms with van der Waals surface area (Å²) in [5.74, 6) is -0.532. The Hall–Kier alpha value is -2.28. The predicted molar refractivity (Wildman–Crippen MR) is 84.0 cm³/mol. The number of halogens is 3. The minimum atomic E-state index is -4.46. The van der Waals surface area contributed by atoms with Crippen LogP contribution in [0.5, 0.6) is 0 Å². The highest BCUT2D eigenvalue weighted by molar-refractivity contribution is 5.73. The Bertz CT molecular complexity index is 727. The molecule has 2 unspecified atom stereocenters. The Morgan fingerprint density at radius 2 is 2.04 bits per heavy atom. The van der Waals surface area contributed by atoms with Crippen LogP contribution in [0.2, 0.25) is 0 Å². The van der Waals surface area contributed by atoms with E-state index in [1.54, 1.807) is 23.1 Å². The van der Waals surface area contributed by atoms with Gasteiger partial charge in [-0.3, -0.25) is 9.69 Å². The van der Waals surface area contributed by atoms with E-state index in [-0.39, 0.29) is 0 Å². The van der Waals surface area contributed by atoms with E-state index < -0.39 is 29.8 Å². The van der Waals surface area contributed by atoms with Crippen LogP contribution in [0.1, 0.15) is 42.2 Å². The molecular formula is C18H18F3NO3. The van der Waals surface area contributed by atoms with Crippen molar-refractivity contribution >= 4 is 5.97 Å². The molecule has 2 heterocycles. The summed E-state index contributed by atoms with van der Waals surface area (Å²) >= 11 is 0. The molecular weight excluding hydrogens is 335 g/mol. The number of alkyl halides is 3. The molecule has 3 rings (SSSR count). The van der Waals surface area contributed by atoms with Crippen LogP contribution in [0, 0.1) is 0 Å². The third-order valence-electron chi connectivity index (χ3n) is 4.50. The number of piperidine rings is 1. The van der Waals surface area contributed by atoms with E-state index in [0.717, 1.165) is 25.0 Å². The maximum Gasteiger partial charge on any atom is 0.416 e. The minimum Gasteiger partial charge on any atom is -0.480 e. The normalized spacial score (nSPS) is 20.4. The molecule has 0 aliphatic carbocycles. The predicted octanol–water partition coefficient (Wildman–Crippen LogP) is 4.33. The fourth-order valence-corrected chi connectivity index (χ4v) is 3.38. The molecule has 7 heteroatoms. The summed E-state index contributed by atoms with van der Waals surface area (Å²) in [5.41, 5.74) is -0.386. The number of carbonyl (C=O) groups is 1. The number of hydrogen-bond acceptors (Lipinski definition) is 3. The highest BCUT2D eigenvalue weighted by atomic mass is 19.4. The molecule has 25 heavy (non-hydrogen) atoms. The first kappa shape index (κ1) is 17.5. The Kier molecular flexibility index (Phi) is 4.85. The summed E-state index contributed by atoms with van der Waals surface area (Å²) in [4.78, 5) is 13.4. The summed E-state index contributed by atoms with van der Waals surface area (Å²) in [6.45, 7) is 0.485. The van der Waals surface area contributed by atoms with Crippen LogP contribution in [0.4, 0.5) is 13.2 Å². The van der Waals surface area contributed by atoms with Crippen LogP contribution < -0.4 is 0 Å². The molecule has 0 radical (unpaired) electrons. The van der Waals surface area contributed by atoms with Crippen molar-refractivity contribution in [3.8, 4) is 0 Å². The average Bonchev–Trinajstić information content (AvgIpc) is 3.09. The van der Waals surface area contributed by atoms with Gasteiger partial charge in [0, 0.05) is 6.54 Å². The van der Waals surface area contributed by atoms with Gasteiger partial charge in [-0.15, -0.1) is 0 Å². The maximum atomic E-state index is 13.1. The van der Waals surface area contributed by atoms with Crippen LogP contribution in [0.15, 0.2) is 47.1 Å². The second-order valence-corrected chi connectivity index (χ2v) is 6.13. The zero-order valence-electron chi connectivity index (χ0n) is 13.4. The molecule has 1 N–H and O–H groups in total. The molecule has 134 valence electrons. The van der Waals surface area contributed by atoms with E-state index in [9.17, 15) is 23.1 Å². The van der Waals surface area contributed by atoms with Gasteiger partial charge in [-0.1, -0.05) is 18.6 Å². The molecule has 1 saturated heterocycles. The first-order chi connectivity index (χ1) is 11.9. The molecule has 2 atom stereocenters. The van der Waals surface area contributed by atoms with Gasteiger partial charge in [0.25, 0.3) is 0 Å². The molecule has 0 bridgehead atoms. The third kappa shape index (κ3) is 3.71. The van der Waals surface area contributed by atoms with Crippen molar-refractivity contribution in [2.45, 2.75) is 37.5 Å². The minimum absolute atomic E-state index is 0.373. The number of nitrogens with zero attached hydrogens (tertiary/aromatic N) is 1. The van der Waals surface area contributed by atoms with Gasteiger partial charge in [-0.05, 0) is 42.7 Å². The average molecular weight is 353 g/mol. The monoisotopic (exact) mass is 353 g/mol. The van der Waals surface area contributed by atoms with Crippen molar-refractivity contribution in [1.82, 2.24) is 4.90 Å². The smallest absolute Gasteiger partial charge is 0.416 e. The number of hydrogen-bond donors (Lipinski definition) is 1. The first-order valence-corrected chi connectivity index (χ1v) is 8.07. The Morgan fingerprint density at radius 3 is 2.68 bits per heavy atom. The fraction of sp³-hybridized carbons (Fsp3) is 0.389. The van der Waals surface area contributed by atoms with Crippen LogP contribution in [-0.4, -0.2) is 28.6 Å². The van der Waals surface area contributed by atoms with Crippen molar-refractivity contribution < 1.29 is 27.5 Å². The van der Waals surface area contributed by atoms with E-state index >= 15 is 0 Å². The number of carboxylic acids is 1. The molecule has 1 fully saturated rings.